The molecule has 6 heteroatoms. The van der Waals surface area contributed by atoms with E-state index in [1.54, 1.807) is 0 Å². The van der Waals surface area contributed by atoms with Crippen LogP contribution in [0.2, 0.25) is 0 Å². The Balaban J connectivity index is 2.30. The van der Waals surface area contributed by atoms with Crippen molar-refractivity contribution in [1.82, 2.24) is 10.6 Å². The van der Waals surface area contributed by atoms with Crippen molar-refractivity contribution in [3.05, 3.63) is 71.8 Å². The Hall–Kier alpha value is -2.70. The Morgan fingerprint density at radius 2 is 1.00 bits per heavy atom. The fraction of sp³-hybridized carbons (Fsp3) is 0.517. The first-order chi connectivity index (χ1) is 16.5. The van der Waals surface area contributed by atoms with Crippen LogP contribution in [-0.4, -0.2) is 47.3 Å². The van der Waals surface area contributed by atoms with E-state index in [1.165, 1.54) is 0 Å². The summed E-state index contributed by atoms with van der Waals surface area (Å²) in [6.07, 6.45) is 0.573. The number of benzene rings is 2. The van der Waals surface area contributed by atoms with E-state index < -0.39 is 40.1 Å². The third kappa shape index (κ3) is 5.93. The number of rotatable bonds is 12. The SMILES string of the molecule is CCC(CC)(C(=O)N[C@H](CO)C(C)(C)c1ccccc1)C(=O)N[C@H](CO)C(C)(C)c1ccccc1. The van der Waals surface area contributed by atoms with Gasteiger partial charge in [0.15, 0.2) is 0 Å². The standard InChI is InChI=1S/C29H42N2O4/c1-7-29(8-2,25(34)30-23(19-32)27(3,4)21-15-11-9-12-16-21)26(35)31-24(20-33)28(5,6)22-17-13-10-14-18-22/h9-18,23-24,32-33H,7-8,19-20H2,1-6H3,(H,30,34)(H,31,35)/t23-,24-/m1/s1. The van der Waals surface area contributed by atoms with Crippen LogP contribution in [0.4, 0.5) is 0 Å². The molecule has 192 valence electrons. The van der Waals surface area contributed by atoms with Gasteiger partial charge < -0.3 is 20.8 Å². The molecule has 4 N–H and O–H groups in total. The van der Waals surface area contributed by atoms with Crippen molar-refractivity contribution in [2.24, 2.45) is 5.41 Å². The molecular weight excluding hydrogens is 440 g/mol. The number of aliphatic hydroxyl groups is 2. The molecule has 0 spiro atoms. The van der Waals surface area contributed by atoms with Gasteiger partial charge in [-0.2, -0.15) is 0 Å². The third-order valence-electron chi connectivity index (χ3n) is 7.83. The lowest BCUT2D eigenvalue weighted by Gasteiger charge is -2.40. The molecule has 2 atom stereocenters. The Morgan fingerprint density at radius 3 is 1.26 bits per heavy atom. The Bertz CT molecular complexity index is 878. The highest BCUT2D eigenvalue weighted by atomic mass is 16.3. The van der Waals surface area contributed by atoms with Crippen LogP contribution in [0.25, 0.3) is 0 Å². The maximum Gasteiger partial charge on any atom is 0.236 e. The van der Waals surface area contributed by atoms with Gasteiger partial charge in [-0.05, 0) is 24.0 Å². The maximum atomic E-state index is 13.7. The van der Waals surface area contributed by atoms with Crippen molar-refractivity contribution in [2.75, 3.05) is 13.2 Å². The average molecular weight is 483 g/mol. The van der Waals surface area contributed by atoms with Crippen molar-refractivity contribution < 1.29 is 19.8 Å². The lowest BCUT2D eigenvalue weighted by molar-refractivity contribution is -0.146. The number of hydrogen-bond donors (Lipinski definition) is 4. The Kier molecular flexibility index (Phi) is 9.64. The van der Waals surface area contributed by atoms with Crippen molar-refractivity contribution in [3.8, 4) is 0 Å². The van der Waals surface area contributed by atoms with Crippen molar-refractivity contribution >= 4 is 11.8 Å². The second-order valence-electron chi connectivity index (χ2n) is 10.4. The van der Waals surface area contributed by atoms with Gasteiger partial charge in [0.2, 0.25) is 11.8 Å². The smallest absolute Gasteiger partial charge is 0.236 e. The van der Waals surface area contributed by atoms with E-state index in [4.69, 9.17) is 0 Å². The molecule has 0 aliphatic carbocycles. The van der Waals surface area contributed by atoms with Crippen LogP contribution in [0.5, 0.6) is 0 Å². The van der Waals surface area contributed by atoms with E-state index >= 15 is 0 Å². The van der Waals surface area contributed by atoms with E-state index in [0.717, 1.165) is 11.1 Å². The van der Waals surface area contributed by atoms with E-state index in [-0.39, 0.29) is 26.1 Å². The summed E-state index contributed by atoms with van der Waals surface area (Å²) in [5.74, 6) is -0.838. The number of hydrogen-bond acceptors (Lipinski definition) is 4. The fourth-order valence-corrected chi connectivity index (χ4v) is 4.63. The first kappa shape index (κ1) is 28.5. The lowest BCUT2D eigenvalue weighted by Crippen LogP contribution is -2.60. The molecule has 35 heavy (non-hydrogen) atoms. The number of carbonyl (C=O) groups excluding carboxylic acids is 2. The summed E-state index contributed by atoms with van der Waals surface area (Å²) in [6.45, 7) is 11.0. The minimum atomic E-state index is -1.33. The Morgan fingerprint density at radius 1 is 0.686 bits per heavy atom. The van der Waals surface area contributed by atoms with E-state index in [0.29, 0.717) is 0 Å². The summed E-state index contributed by atoms with van der Waals surface area (Å²) in [7, 11) is 0. The summed E-state index contributed by atoms with van der Waals surface area (Å²) in [5.41, 5.74) is -0.489. The van der Waals surface area contributed by atoms with Gasteiger partial charge in [-0.15, -0.1) is 0 Å². The van der Waals surface area contributed by atoms with Gasteiger partial charge in [-0.3, -0.25) is 9.59 Å². The summed E-state index contributed by atoms with van der Waals surface area (Å²) < 4.78 is 0. The molecule has 0 saturated carbocycles. The zero-order valence-electron chi connectivity index (χ0n) is 22.0. The van der Waals surface area contributed by atoms with E-state index in [2.05, 4.69) is 10.6 Å². The maximum absolute atomic E-state index is 13.7. The van der Waals surface area contributed by atoms with Gasteiger partial charge in [0, 0.05) is 10.8 Å². The number of aliphatic hydroxyl groups excluding tert-OH is 2. The first-order valence-corrected chi connectivity index (χ1v) is 12.5. The third-order valence-corrected chi connectivity index (χ3v) is 7.83. The minimum absolute atomic E-state index is 0.265. The van der Waals surface area contributed by atoms with Crippen LogP contribution in [0.1, 0.15) is 65.5 Å². The fourth-order valence-electron chi connectivity index (χ4n) is 4.63. The molecule has 2 aromatic rings. The molecule has 2 amide bonds. The predicted octanol–water partition coefficient (Wildman–Crippen LogP) is 3.70. The molecule has 0 heterocycles. The molecule has 0 saturated heterocycles. The van der Waals surface area contributed by atoms with Crippen LogP contribution in [-0.2, 0) is 20.4 Å². The second kappa shape index (κ2) is 11.8. The van der Waals surface area contributed by atoms with Crippen LogP contribution in [0.15, 0.2) is 60.7 Å². The van der Waals surface area contributed by atoms with Gasteiger partial charge >= 0.3 is 0 Å². The molecule has 0 aliphatic rings. The lowest BCUT2D eigenvalue weighted by atomic mass is 9.74. The van der Waals surface area contributed by atoms with Gasteiger partial charge in [-0.25, -0.2) is 0 Å². The summed E-state index contributed by atoms with van der Waals surface area (Å²) in [5, 5.41) is 26.3. The van der Waals surface area contributed by atoms with Gasteiger partial charge in [-0.1, -0.05) is 102 Å². The van der Waals surface area contributed by atoms with Gasteiger partial charge in [0.1, 0.15) is 5.41 Å². The van der Waals surface area contributed by atoms with Crippen LogP contribution < -0.4 is 10.6 Å². The zero-order valence-corrected chi connectivity index (χ0v) is 22.0. The highest BCUT2D eigenvalue weighted by Crippen LogP contribution is 2.33. The van der Waals surface area contributed by atoms with Crippen molar-refractivity contribution in [1.29, 1.82) is 0 Å². The minimum Gasteiger partial charge on any atom is -0.394 e. The van der Waals surface area contributed by atoms with E-state index in [1.807, 2.05) is 102 Å². The second-order valence-corrected chi connectivity index (χ2v) is 10.4. The predicted molar refractivity (Wildman–Crippen MR) is 140 cm³/mol. The number of amides is 2. The topological polar surface area (TPSA) is 98.7 Å². The molecular formula is C29H42N2O4. The highest BCUT2D eigenvalue weighted by Gasteiger charge is 2.46. The number of carbonyl (C=O) groups is 2. The van der Waals surface area contributed by atoms with Crippen molar-refractivity contribution in [3.63, 3.8) is 0 Å². The van der Waals surface area contributed by atoms with Crippen LogP contribution in [0, 0.1) is 5.41 Å². The molecule has 2 aromatic carbocycles. The molecule has 0 radical (unpaired) electrons. The summed E-state index contributed by atoms with van der Waals surface area (Å²) in [6, 6.07) is 18.2. The number of nitrogens with one attached hydrogen (secondary N) is 2. The van der Waals surface area contributed by atoms with E-state index in [9.17, 15) is 19.8 Å². The molecule has 0 bridgehead atoms. The summed E-state index contributed by atoms with van der Waals surface area (Å²) >= 11 is 0. The van der Waals surface area contributed by atoms with Crippen LogP contribution in [0.3, 0.4) is 0 Å². The van der Waals surface area contributed by atoms with Gasteiger partial charge in [0.25, 0.3) is 0 Å². The molecule has 0 fully saturated rings. The molecule has 6 nitrogen and oxygen atoms in total. The average Bonchev–Trinajstić information content (AvgIpc) is 2.87. The summed E-state index contributed by atoms with van der Waals surface area (Å²) in [4.78, 5) is 27.3. The quantitative estimate of drug-likeness (QED) is 0.347. The molecule has 0 unspecified atom stereocenters. The molecule has 2 rings (SSSR count). The van der Waals surface area contributed by atoms with Crippen molar-refractivity contribution in [2.45, 2.75) is 77.3 Å². The highest BCUT2D eigenvalue weighted by molar-refractivity contribution is 6.05. The molecule has 0 aromatic heterocycles. The van der Waals surface area contributed by atoms with Crippen LogP contribution >= 0.6 is 0 Å². The normalized spacial score (nSPS) is 14.2. The first-order valence-electron chi connectivity index (χ1n) is 12.5. The Labute approximate surface area is 210 Å². The molecule has 0 aliphatic heterocycles. The van der Waals surface area contributed by atoms with Gasteiger partial charge in [0.05, 0.1) is 25.3 Å². The largest absolute Gasteiger partial charge is 0.394 e. The monoisotopic (exact) mass is 482 g/mol. The zero-order chi connectivity index (χ0) is 26.3.